The Hall–Kier alpha value is -2.22. The van der Waals surface area contributed by atoms with Gasteiger partial charge in [0.25, 0.3) is 17.7 Å². The summed E-state index contributed by atoms with van der Waals surface area (Å²) in [6.07, 6.45) is 0. The summed E-state index contributed by atoms with van der Waals surface area (Å²) in [5.41, 5.74) is 0.952. The average Bonchev–Trinajstić information content (AvgIpc) is 2.81. The summed E-state index contributed by atoms with van der Waals surface area (Å²) in [6.45, 7) is -1.25. The van der Waals surface area contributed by atoms with Crippen molar-refractivity contribution in [1.29, 1.82) is 0 Å². The first-order valence-corrected chi connectivity index (χ1v) is 9.11. The van der Waals surface area contributed by atoms with Gasteiger partial charge in [-0.1, -0.05) is 23.2 Å². The van der Waals surface area contributed by atoms with Gasteiger partial charge in [0.2, 0.25) is 0 Å². The lowest BCUT2D eigenvalue weighted by Gasteiger charge is -2.23. The third kappa shape index (κ3) is 5.19. The number of rotatable bonds is 3. The molecule has 1 N–H and O–H groups in total. The van der Waals surface area contributed by atoms with E-state index in [1.54, 1.807) is 0 Å². The molecule has 0 aromatic heterocycles. The van der Waals surface area contributed by atoms with Gasteiger partial charge in [-0.3, -0.25) is 9.59 Å². The van der Waals surface area contributed by atoms with Crippen LogP contribution < -0.4 is 5.32 Å². The van der Waals surface area contributed by atoms with Crippen LogP contribution in [0.25, 0.3) is 0 Å². The van der Waals surface area contributed by atoms with Gasteiger partial charge < -0.3 is 15.0 Å². The summed E-state index contributed by atoms with van der Waals surface area (Å²) in [5, 5.41) is 3.32. The summed E-state index contributed by atoms with van der Waals surface area (Å²) in [6, 6.07) is 10.4. The molecule has 1 aliphatic heterocycles. The van der Waals surface area contributed by atoms with Crippen LogP contribution in [0.4, 0.5) is 14.5 Å². The second kappa shape index (κ2) is 8.43. The molecular weight excluding hydrogens is 413 g/mol. The molecule has 0 bridgehead atoms. The Morgan fingerprint density at radius 3 is 2.32 bits per heavy atom. The van der Waals surface area contributed by atoms with Crippen molar-refractivity contribution in [3.8, 4) is 0 Å². The van der Waals surface area contributed by atoms with E-state index in [4.69, 9.17) is 27.9 Å². The highest BCUT2D eigenvalue weighted by Gasteiger charge is 2.36. The maximum absolute atomic E-state index is 13.6. The Balaban J connectivity index is 1.69. The van der Waals surface area contributed by atoms with E-state index in [2.05, 4.69) is 5.32 Å². The number of halogens is 4. The van der Waals surface area contributed by atoms with Crippen LogP contribution >= 0.6 is 23.2 Å². The van der Waals surface area contributed by atoms with Crippen molar-refractivity contribution in [2.75, 3.05) is 31.6 Å². The summed E-state index contributed by atoms with van der Waals surface area (Å²) < 4.78 is 32.1. The van der Waals surface area contributed by atoms with Crippen LogP contribution in [0.15, 0.2) is 42.5 Å². The highest BCUT2D eigenvalue weighted by Crippen LogP contribution is 2.22. The standard InChI is InChI=1S/C19H16Cl2F2N2O3/c20-14-7-13(8-15(21)9-14)17(26)24-16-3-1-12(2-4-16)18(27)25-5-6-28-11-19(22,23)10-25/h1-4,7-9H,5-6,10-11H2,(H,24,26). The third-order valence-electron chi connectivity index (χ3n) is 4.04. The van der Waals surface area contributed by atoms with Crippen molar-refractivity contribution in [3.05, 3.63) is 63.6 Å². The van der Waals surface area contributed by atoms with Crippen molar-refractivity contribution >= 4 is 40.7 Å². The van der Waals surface area contributed by atoms with Gasteiger partial charge in [0.1, 0.15) is 6.61 Å². The second-order valence-electron chi connectivity index (χ2n) is 6.32. The molecule has 1 saturated heterocycles. The largest absolute Gasteiger partial charge is 0.373 e. The lowest BCUT2D eigenvalue weighted by molar-refractivity contribution is -0.0660. The second-order valence-corrected chi connectivity index (χ2v) is 7.20. The SMILES string of the molecule is O=C(Nc1ccc(C(=O)N2CCOCC(F)(F)C2)cc1)c1cc(Cl)cc(Cl)c1. The maximum atomic E-state index is 13.6. The van der Waals surface area contributed by atoms with Gasteiger partial charge in [0.05, 0.1) is 13.2 Å². The van der Waals surface area contributed by atoms with Gasteiger partial charge in [0, 0.05) is 33.4 Å². The first-order chi connectivity index (χ1) is 13.2. The van der Waals surface area contributed by atoms with Crippen LogP contribution in [0.2, 0.25) is 10.0 Å². The Bertz CT molecular complexity index is 871. The number of alkyl halides is 2. The molecular formula is C19H16Cl2F2N2O3. The summed E-state index contributed by atoms with van der Waals surface area (Å²) in [7, 11) is 0. The molecule has 0 saturated carbocycles. The van der Waals surface area contributed by atoms with E-state index >= 15 is 0 Å². The van der Waals surface area contributed by atoms with E-state index in [-0.39, 0.29) is 24.3 Å². The first kappa shape index (κ1) is 20.5. The minimum atomic E-state index is -3.09. The predicted molar refractivity (Wildman–Crippen MR) is 103 cm³/mol. The van der Waals surface area contributed by atoms with Crippen molar-refractivity contribution in [2.45, 2.75) is 5.92 Å². The fourth-order valence-corrected chi connectivity index (χ4v) is 3.27. The van der Waals surface area contributed by atoms with E-state index < -0.39 is 30.9 Å². The summed E-state index contributed by atoms with van der Waals surface area (Å²) in [5.74, 6) is -4.03. The van der Waals surface area contributed by atoms with E-state index in [1.807, 2.05) is 0 Å². The molecule has 2 aromatic carbocycles. The number of carbonyl (C=O) groups is 2. The predicted octanol–water partition coefficient (Wildman–Crippen LogP) is 4.35. The highest BCUT2D eigenvalue weighted by molar-refractivity contribution is 6.35. The Morgan fingerprint density at radius 2 is 1.68 bits per heavy atom. The molecule has 0 unspecified atom stereocenters. The molecule has 0 atom stereocenters. The van der Waals surface area contributed by atoms with Gasteiger partial charge in [-0.25, -0.2) is 8.78 Å². The zero-order chi connectivity index (χ0) is 20.3. The molecule has 0 spiro atoms. The van der Waals surface area contributed by atoms with Crippen LogP contribution in [0, 0.1) is 0 Å². The van der Waals surface area contributed by atoms with Crippen molar-refractivity contribution in [1.82, 2.24) is 4.90 Å². The van der Waals surface area contributed by atoms with Crippen molar-refractivity contribution in [3.63, 3.8) is 0 Å². The number of hydrogen-bond acceptors (Lipinski definition) is 3. The number of anilines is 1. The van der Waals surface area contributed by atoms with E-state index in [9.17, 15) is 18.4 Å². The number of hydrogen-bond donors (Lipinski definition) is 1. The smallest absolute Gasteiger partial charge is 0.288 e. The molecule has 1 aliphatic rings. The minimum Gasteiger partial charge on any atom is -0.373 e. The average molecular weight is 429 g/mol. The monoisotopic (exact) mass is 428 g/mol. The molecule has 1 fully saturated rings. The number of nitrogens with one attached hydrogen (secondary N) is 1. The molecule has 9 heteroatoms. The lowest BCUT2D eigenvalue weighted by Crippen LogP contribution is -2.41. The molecule has 0 radical (unpaired) electrons. The number of amides is 2. The normalized spacial score (nSPS) is 16.4. The fourth-order valence-electron chi connectivity index (χ4n) is 2.74. The quantitative estimate of drug-likeness (QED) is 0.790. The van der Waals surface area contributed by atoms with Gasteiger partial charge >= 0.3 is 0 Å². The Morgan fingerprint density at radius 1 is 1.04 bits per heavy atom. The molecule has 0 aliphatic carbocycles. The van der Waals surface area contributed by atoms with Crippen LogP contribution in [0.5, 0.6) is 0 Å². The number of carbonyl (C=O) groups excluding carboxylic acids is 2. The zero-order valence-electron chi connectivity index (χ0n) is 14.6. The highest BCUT2D eigenvalue weighted by atomic mass is 35.5. The van der Waals surface area contributed by atoms with Gasteiger partial charge in [-0.05, 0) is 42.5 Å². The van der Waals surface area contributed by atoms with Gasteiger partial charge in [-0.15, -0.1) is 0 Å². The molecule has 1 heterocycles. The van der Waals surface area contributed by atoms with Crippen molar-refractivity contribution < 1.29 is 23.1 Å². The topological polar surface area (TPSA) is 58.6 Å². The Labute approximate surface area is 170 Å². The fraction of sp³-hybridized carbons (Fsp3) is 0.263. The van der Waals surface area contributed by atoms with Crippen LogP contribution in [0.3, 0.4) is 0 Å². The molecule has 148 valence electrons. The summed E-state index contributed by atoms with van der Waals surface area (Å²) in [4.78, 5) is 25.8. The van der Waals surface area contributed by atoms with E-state index in [0.29, 0.717) is 15.7 Å². The van der Waals surface area contributed by atoms with Crippen molar-refractivity contribution in [2.24, 2.45) is 0 Å². The Kier molecular flexibility index (Phi) is 6.17. The number of nitrogens with zero attached hydrogens (tertiary/aromatic N) is 1. The first-order valence-electron chi connectivity index (χ1n) is 8.36. The molecule has 28 heavy (non-hydrogen) atoms. The molecule has 3 rings (SSSR count). The molecule has 2 amide bonds. The maximum Gasteiger partial charge on any atom is 0.288 e. The third-order valence-corrected chi connectivity index (χ3v) is 4.48. The number of benzene rings is 2. The van der Waals surface area contributed by atoms with Gasteiger partial charge in [-0.2, -0.15) is 0 Å². The van der Waals surface area contributed by atoms with E-state index in [1.165, 1.54) is 42.5 Å². The molecule has 2 aromatic rings. The minimum absolute atomic E-state index is 0.0532. The zero-order valence-corrected chi connectivity index (χ0v) is 16.1. The number of ether oxygens (including phenoxy) is 1. The van der Waals surface area contributed by atoms with Crippen LogP contribution in [0.1, 0.15) is 20.7 Å². The molecule has 5 nitrogen and oxygen atoms in total. The lowest BCUT2D eigenvalue weighted by atomic mass is 10.1. The van der Waals surface area contributed by atoms with Crippen LogP contribution in [-0.2, 0) is 4.74 Å². The van der Waals surface area contributed by atoms with E-state index in [0.717, 1.165) is 4.90 Å². The summed E-state index contributed by atoms with van der Waals surface area (Å²) >= 11 is 11.8. The van der Waals surface area contributed by atoms with Gasteiger partial charge in [0.15, 0.2) is 0 Å². The van der Waals surface area contributed by atoms with Crippen LogP contribution in [-0.4, -0.2) is 48.9 Å².